The van der Waals surface area contributed by atoms with Gasteiger partial charge in [0.2, 0.25) is 10.0 Å². The summed E-state index contributed by atoms with van der Waals surface area (Å²) in [6.45, 7) is 8.98. The van der Waals surface area contributed by atoms with Crippen molar-refractivity contribution in [1.82, 2.24) is 9.62 Å². The minimum Gasteiger partial charge on any atom is -0.297 e. The number of sulfonamides is 1. The van der Waals surface area contributed by atoms with E-state index >= 15 is 0 Å². The normalized spacial score (nSPS) is 12.6. The van der Waals surface area contributed by atoms with Gasteiger partial charge in [0.1, 0.15) is 10.7 Å². The predicted octanol–water partition coefficient (Wildman–Crippen LogP) is 2.88. The number of benzene rings is 1. The van der Waals surface area contributed by atoms with Crippen LogP contribution in [-0.4, -0.2) is 38.5 Å². The van der Waals surface area contributed by atoms with E-state index in [1.807, 2.05) is 27.7 Å². The molecule has 0 aromatic heterocycles. The van der Waals surface area contributed by atoms with Crippen LogP contribution in [-0.2, 0) is 10.0 Å². The van der Waals surface area contributed by atoms with Crippen LogP contribution in [0.4, 0.5) is 4.39 Å². The molecule has 1 aromatic rings. The van der Waals surface area contributed by atoms with Crippen LogP contribution in [0.3, 0.4) is 0 Å². The first-order valence-electron chi connectivity index (χ1n) is 6.85. The minimum atomic E-state index is -3.87. The van der Waals surface area contributed by atoms with Crippen molar-refractivity contribution in [2.24, 2.45) is 0 Å². The van der Waals surface area contributed by atoms with E-state index in [1.165, 1.54) is 12.1 Å². The first-order valence-corrected chi connectivity index (χ1v) is 8.71. The number of rotatable bonds is 7. The van der Waals surface area contributed by atoms with Crippen molar-refractivity contribution >= 4 is 21.6 Å². The van der Waals surface area contributed by atoms with Crippen LogP contribution in [0.25, 0.3) is 0 Å². The van der Waals surface area contributed by atoms with Gasteiger partial charge in [-0.3, -0.25) is 4.90 Å². The molecule has 0 spiro atoms. The molecule has 4 nitrogen and oxygen atoms in total. The molecular weight excluding hydrogens is 315 g/mol. The summed E-state index contributed by atoms with van der Waals surface area (Å²) < 4.78 is 40.2. The summed E-state index contributed by atoms with van der Waals surface area (Å²) in [6.07, 6.45) is 0. The molecule has 21 heavy (non-hydrogen) atoms. The molecule has 1 rings (SSSR count). The Morgan fingerprint density at radius 3 is 2.29 bits per heavy atom. The average molecular weight is 337 g/mol. The van der Waals surface area contributed by atoms with E-state index in [0.29, 0.717) is 18.6 Å². The fourth-order valence-electron chi connectivity index (χ4n) is 2.19. The molecule has 120 valence electrons. The lowest BCUT2D eigenvalue weighted by Gasteiger charge is -2.30. The molecule has 1 aromatic carbocycles. The molecule has 0 unspecified atom stereocenters. The molecule has 0 saturated carbocycles. The summed E-state index contributed by atoms with van der Waals surface area (Å²) in [5.41, 5.74) is 0. The molecule has 1 N–H and O–H groups in total. The third kappa shape index (κ3) is 5.21. The lowest BCUT2D eigenvalue weighted by atomic mass is 10.2. The van der Waals surface area contributed by atoms with Crippen LogP contribution in [0, 0.1) is 5.82 Å². The van der Waals surface area contributed by atoms with Crippen molar-refractivity contribution in [2.75, 3.05) is 13.1 Å². The molecule has 0 aliphatic heterocycles. The van der Waals surface area contributed by atoms with Crippen LogP contribution < -0.4 is 4.72 Å². The molecule has 0 aliphatic carbocycles. The number of nitrogens with one attached hydrogen (secondary N) is 1. The van der Waals surface area contributed by atoms with E-state index < -0.39 is 15.8 Å². The minimum absolute atomic E-state index is 0.164. The van der Waals surface area contributed by atoms with Crippen LogP contribution in [0.5, 0.6) is 0 Å². The van der Waals surface area contributed by atoms with Gasteiger partial charge in [-0.2, -0.15) is 0 Å². The second-order valence-electron chi connectivity index (χ2n) is 5.40. The Bertz CT molecular complexity index is 568. The Hall–Kier alpha value is -0.690. The van der Waals surface area contributed by atoms with Gasteiger partial charge in [0.15, 0.2) is 0 Å². The molecule has 0 amide bonds. The van der Waals surface area contributed by atoms with E-state index in [9.17, 15) is 12.8 Å². The molecule has 0 heterocycles. The molecule has 0 saturated heterocycles. The van der Waals surface area contributed by atoms with Crippen molar-refractivity contribution < 1.29 is 12.8 Å². The highest BCUT2D eigenvalue weighted by molar-refractivity contribution is 7.89. The highest BCUT2D eigenvalue weighted by Crippen LogP contribution is 2.18. The zero-order chi connectivity index (χ0) is 16.2. The van der Waals surface area contributed by atoms with E-state index in [4.69, 9.17) is 11.6 Å². The van der Waals surface area contributed by atoms with Gasteiger partial charge in [-0.1, -0.05) is 11.6 Å². The first kappa shape index (κ1) is 18.4. The molecule has 0 radical (unpaired) electrons. The lowest BCUT2D eigenvalue weighted by Crippen LogP contribution is -2.42. The Labute approximate surface area is 131 Å². The Balaban J connectivity index is 2.73. The SMILES string of the molecule is CC(C)N(CCNS(=O)(=O)c1ccc(Cl)cc1F)C(C)C. The zero-order valence-electron chi connectivity index (χ0n) is 12.7. The first-order chi connectivity index (χ1) is 9.65. The van der Waals surface area contributed by atoms with Gasteiger partial charge in [0, 0.05) is 30.2 Å². The van der Waals surface area contributed by atoms with Gasteiger partial charge >= 0.3 is 0 Å². The number of halogens is 2. The molecule has 0 atom stereocenters. The second kappa shape index (κ2) is 7.54. The standard InChI is InChI=1S/C14H22ClFN2O2S/c1-10(2)18(11(3)4)8-7-17-21(19,20)14-6-5-12(15)9-13(14)16/h5-6,9-11,17H,7-8H2,1-4H3. The summed E-state index contributed by atoms with van der Waals surface area (Å²) in [7, 11) is -3.87. The summed E-state index contributed by atoms with van der Waals surface area (Å²) in [6, 6.07) is 4.13. The monoisotopic (exact) mass is 336 g/mol. The third-order valence-corrected chi connectivity index (χ3v) is 4.90. The summed E-state index contributed by atoms with van der Waals surface area (Å²) in [5.74, 6) is -0.848. The Morgan fingerprint density at radius 1 is 1.24 bits per heavy atom. The third-order valence-electron chi connectivity index (χ3n) is 3.17. The van der Waals surface area contributed by atoms with Crippen molar-refractivity contribution in [2.45, 2.75) is 44.7 Å². The summed E-state index contributed by atoms with van der Waals surface area (Å²) >= 11 is 5.62. The number of hydrogen-bond acceptors (Lipinski definition) is 3. The number of hydrogen-bond donors (Lipinski definition) is 1. The predicted molar refractivity (Wildman–Crippen MR) is 83.6 cm³/mol. The van der Waals surface area contributed by atoms with E-state index in [2.05, 4.69) is 9.62 Å². The van der Waals surface area contributed by atoms with Crippen molar-refractivity contribution in [3.8, 4) is 0 Å². The number of nitrogens with zero attached hydrogens (tertiary/aromatic N) is 1. The van der Waals surface area contributed by atoms with Gasteiger partial charge in [-0.15, -0.1) is 0 Å². The molecule has 7 heteroatoms. The van der Waals surface area contributed by atoms with Crippen molar-refractivity contribution in [3.63, 3.8) is 0 Å². The molecule has 0 bridgehead atoms. The largest absolute Gasteiger partial charge is 0.297 e. The van der Waals surface area contributed by atoms with E-state index in [0.717, 1.165) is 6.07 Å². The second-order valence-corrected chi connectivity index (χ2v) is 7.57. The molecular formula is C14H22ClFN2O2S. The maximum Gasteiger partial charge on any atom is 0.243 e. The van der Waals surface area contributed by atoms with Crippen LogP contribution in [0.1, 0.15) is 27.7 Å². The summed E-state index contributed by atoms with van der Waals surface area (Å²) in [5, 5.41) is 0.164. The average Bonchev–Trinajstić information content (AvgIpc) is 2.33. The van der Waals surface area contributed by atoms with Crippen LogP contribution in [0.2, 0.25) is 5.02 Å². The van der Waals surface area contributed by atoms with Gasteiger partial charge in [0.05, 0.1) is 0 Å². The van der Waals surface area contributed by atoms with Crippen molar-refractivity contribution in [1.29, 1.82) is 0 Å². The van der Waals surface area contributed by atoms with Gasteiger partial charge in [-0.05, 0) is 45.9 Å². The van der Waals surface area contributed by atoms with Crippen molar-refractivity contribution in [3.05, 3.63) is 29.0 Å². The molecule has 0 aliphatic rings. The van der Waals surface area contributed by atoms with E-state index in [1.54, 1.807) is 0 Å². The lowest BCUT2D eigenvalue weighted by molar-refractivity contribution is 0.179. The highest BCUT2D eigenvalue weighted by Gasteiger charge is 2.20. The smallest absolute Gasteiger partial charge is 0.243 e. The Kier molecular flexibility index (Phi) is 6.59. The quantitative estimate of drug-likeness (QED) is 0.833. The van der Waals surface area contributed by atoms with Gasteiger partial charge in [0.25, 0.3) is 0 Å². The van der Waals surface area contributed by atoms with E-state index in [-0.39, 0.29) is 16.5 Å². The van der Waals surface area contributed by atoms with Crippen LogP contribution in [0.15, 0.2) is 23.1 Å². The highest BCUT2D eigenvalue weighted by atomic mass is 35.5. The topological polar surface area (TPSA) is 49.4 Å². The van der Waals surface area contributed by atoms with Crippen LogP contribution >= 0.6 is 11.6 Å². The maximum atomic E-state index is 13.7. The zero-order valence-corrected chi connectivity index (χ0v) is 14.3. The maximum absolute atomic E-state index is 13.7. The van der Waals surface area contributed by atoms with Gasteiger partial charge < -0.3 is 0 Å². The molecule has 0 fully saturated rings. The summed E-state index contributed by atoms with van der Waals surface area (Å²) in [4.78, 5) is 1.77. The van der Waals surface area contributed by atoms with Gasteiger partial charge in [-0.25, -0.2) is 17.5 Å². The fourth-order valence-corrected chi connectivity index (χ4v) is 3.43. The Morgan fingerprint density at radius 2 is 1.81 bits per heavy atom. The fraction of sp³-hybridized carbons (Fsp3) is 0.571.